The molecule has 0 aliphatic heterocycles. The van der Waals surface area contributed by atoms with Gasteiger partial charge < -0.3 is 4.57 Å². The minimum atomic E-state index is 0.572. The van der Waals surface area contributed by atoms with Gasteiger partial charge in [0, 0.05) is 70.6 Å². The van der Waals surface area contributed by atoms with Crippen LogP contribution < -0.4 is 0 Å². The van der Waals surface area contributed by atoms with Gasteiger partial charge in [-0.2, -0.15) is 0 Å². The van der Waals surface area contributed by atoms with Crippen molar-refractivity contribution in [2.45, 2.75) is 0 Å². The molecule has 0 unspecified atom stereocenters. The number of para-hydroxylation sites is 2. The molecule has 0 spiro atoms. The van der Waals surface area contributed by atoms with Gasteiger partial charge in [0.1, 0.15) is 0 Å². The van der Waals surface area contributed by atoms with Gasteiger partial charge in [0.05, 0.1) is 16.7 Å². The second-order valence-electron chi connectivity index (χ2n) is 17.0. The van der Waals surface area contributed by atoms with E-state index in [2.05, 4.69) is 199 Å². The van der Waals surface area contributed by atoms with Crippen molar-refractivity contribution in [3.05, 3.63) is 237 Å². The van der Waals surface area contributed by atoms with Gasteiger partial charge in [-0.1, -0.05) is 188 Å². The summed E-state index contributed by atoms with van der Waals surface area (Å²) in [4.78, 5) is 21.1. The third-order valence-corrected chi connectivity index (χ3v) is 14.0. The van der Waals surface area contributed by atoms with Gasteiger partial charge in [-0.25, -0.2) is 15.0 Å². The molecule has 6 heteroatoms. The molecule has 4 aromatic heterocycles. The third-order valence-electron chi connectivity index (χ3n) is 12.9. The Kier molecular flexibility index (Phi) is 9.62. The Balaban J connectivity index is 1.05. The maximum Gasteiger partial charge on any atom is 0.164 e. The van der Waals surface area contributed by atoms with Gasteiger partial charge >= 0.3 is 0 Å². The molecule has 0 aliphatic rings. The normalized spacial score (nSPS) is 11.5. The van der Waals surface area contributed by atoms with Crippen LogP contribution in [0.1, 0.15) is 0 Å². The quantitative estimate of drug-likeness (QED) is 0.153. The van der Waals surface area contributed by atoms with Crippen LogP contribution in [0.25, 0.3) is 126 Å². The molecule has 4 heterocycles. The molecule has 0 radical (unpaired) electrons. The molecule has 0 amide bonds. The summed E-state index contributed by atoms with van der Waals surface area (Å²) in [6.45, 7) is 0. The van der Waals surface area contributed by atoms with E-state index in [0.29, 0.717) is 17.5 Å². The Morgan fingerprint density at radius 1 is 0.324 bits per heavy atom. The zero-order valence-electron chi connectivity index (χ0n) is 36.7. The summed E-state index contributed by atoms with van der Waals surface area (Å²) in [5, 5.41) is 4.95. The van der Waals surface area contributed by atoms with Gasteiger partial charge in [-0.15, -0.1) is 11.3 Å². The Morgan fingerprint density at radius 3 is 1.50 bits per heavy atom. The molecule has 5 nitrogen and oxygen atoms in total. The molecule has 0 bridgehead atoms. The first-order valence-electron chi connectivity index (χ1n) is 22.8. The Bertz CT molecular complexity index is 3880. The van der Waals surface area contributed by atoms with Crippen molar-refractivity contribution in [1.29, 1.82) is 0 Å². The number of fused-ring (bicyclic) bond motifs is 6. The lowest BCUT2D eigenvalue weighted by Crippen LogP contribution is -2.02. The lowest BCUT2D eigenvalue weighted by molar-refractivity contribution is 1.07. The Labute approximate surface area is 397 Å². The van der Waals surface area contributed by atoms with Crippen LogP contribution in [-0.2, 0) is 0 Å². The topological polar surface area (TPSA) is 56.5 Å². The average Bonchev–Trinajstić information content (AvgIpc) is 3.95. The summed E-state index contributed by atoms with van der Waals surface area (Å²) in [5.74, 6) is 1.78. The fourth-order valence-electron chi connectivity index (χ4n) is 9.74. The number of benzene rings is 9. The summed E-state index contributed by atoms with van der Waals surface area (Å²) < 4.78 is 4.82. The summed E-state index contributed by atoms with van der Waals surface area (Å²) in [6, 6.07) is 81.2. The highest BCUT2D eigenvalue weighted by molar-refractivity contribution is 7.26. The fraction of sp³-hybridized carbons (Fsp3) is 0. The highest BCUT2D eigenvalue weighted by Gasteiger charge is 2.22. The molecule has 68 heavy (non-hydrogen) atoms. The second-order valence-corrected chi connectivity index (χ2v) is 18.1. The van der Waals surface area contributed by atoms with Crippen molar-refractivity contribution < 1.29 is 0 Å². The molecule has 13 aromatic rings. The van der Waals surface area contributed by atoms with E-state index in [1.54, 1.807) is 0 Å². The van der Waals surface area contributed by atoms with Crippen LogP contribution in [0.5, 0.6) is 0 Å². The summed E-state index contributed by atoms with van der Waals surface area (Å²) >= 11 is 1.82. The Morgan fingerprint density at radius 2 is 0.868 bits per heavy atom. The van der Waals surface area contributed by atoms with E-state index in [9.17, 15) is 0 Å². The standard InChI is InChI=1S/C62H39N5S/c1-6-19-40(20-7-1)46-30-18-31-47(41-21-8-2-9-22-41)59(46)54-37-52(62-65-60(42-23-10-3-11-24-42)64-61(66-62)43-25-12-4-13-26-43)53(39-63-54)44-33-34-49-51-36-50-48-29-16-17-32-55(48)67(45-27-14-5-15-28-45)56(50)38-58(51)68-57(49)35-44/h1-39H. The minimum absolute atomic E-state index is 0.572. The number of hydrogen-bond acceptors (Lipinski definition) is 5. The average molecular weight is 886 g/mol. The number of rotatable bonds is 8. The number of aromatic nitrogens is 5. The van der Waals surface area contributed by atoms with Crippen molar-refractivity contribution in [3.8, 4) is 84.5 Å². The number of hydrogen-bond donors (Lipinski definition) is 0. The minimum Gasteiger partial charge on any atom is -0.309 e. The summed E-state index contributed by atoms with van der Waals surface area (Å²) in [7, 11) is 0. The van der Waals surface area contributed by atoms with Crippen LogP contribution >= 0.6 is 11.3 Å². The van der Waals surface area contributed by atoms with Crippen molar-refractivity contribution in [1.82, 2.24) is 24.5 Å². The van der Waals surface area contributed by atoms with Crippen molar-refractivity contribution in [2.75, 3.05) is 0 Å². The highest BCUT2D eigenvalue weighted by atomic mass is 32.1. The zero-order chi connectivity index (χ0) is 45.0. The fourth-order valence-corrected chi connectivity index (χ4v) is 10.9. The molecule has 0 aliphatic carbocycles. The van der Waals surface area contributed by atoms with E-state index in [0.717, 1.165) is 67.0 Å². The van der Waals surface area contributed by atoms with Crippen LogP contribution in [0, 0.1) is 0 Å². The van der Waals surface area contributed by atoms with Crippen LogP contribution in [0.15, 0.2) is 237 Å². The second kappa shape index (κ2) is 16.5. The van der Waals surface area contributed by atoms with E-state index in [1.165, 1.54) is 42.0 Å². The highest BCUT2D eigenvalue weighted by Crippen LogP contribution is 2.45. The molecule has 13 rings (SSSR count). The predicted octanol–water partition coefficient (Wildman–Crippen LogP) is 16.4. The Hall–Kier alpha value is -8.84. The first-order valence-corrected chi connectivity index (χ1v) is 23.6. The predicted molar refractivity (Wildman–Crippen MR) is 283 cm³/mol. The SMILES string of the molecule is c1ccc(-c2nc(-c3ccccc3)nc(-c3cc(-c4c(-c5ccccc5)cccc4-c4ccccc4)ncc3-c3ccc4c(c3)sc3cc5c(cc34)c3ccccc3n5-c3ccccc3)n2)cc1. The number of nitrogens with zero attached hydrogens (tertiary/aromatic N) is 5. The molecule has 0 fully saturated rings. The van der Waals surface area contributed by atoms with Crippen LogP contribution in [0.2, 0.25) is 0 Å². The monoisotopic (exact) mass is 885 g/mol. The molecule has 9 aromatic carbocycles. The van der Waals surface area contributed by atoms with Crippen LogP contribution in [0.3, 0.4) is 0 Å². The summed E-state index contributed by atoms with van der Waals surface area (Å²) in [6.07, 6.45) is 2.02. The first-order chi connectivity index (χ1) is 33.7. The molecular weight excluding hydrogens is 847 g/mol. The van der Waals surface area contributed by atoms with Gasteiger partial charge in [0.2, 0.25) is 0 Å². The lowest BCUT2D eigenvalue weighted by atomic mass is 9.88. The van der Waals surface area contributed by atoms with E-state index in [1.807, 2.05) is 53.9 Å². The van der Waals surface area contributed by atoms with Crippen LogP contribution in [0.4, 0.5) is 0 Å². The van der Waals surface area contributed by atoms with Gasteiger partial charge in [0.15, 0.2) is 17.5 Å². The van der Waals surface area contributed by atoms with Crippen molar-refractivity contribution in [3.63, 3.8) is 0 Å². The molecular formula is C62H39N5S. The van der Waals surface area contributed by atoms with Gasteiger partial charge in [-0.3, -0.25) is 4.98 Å². The van der Waals surface area contributed by atoms with E-state index in [-0.39, 0.29) is 0 Å². The summed E-state index contributed by atoms with van der Waals surface area (Å²) in [5.41, 5.74) is 14.5. The van der Waals surface area contributed by atoms with E-state index < -0.39 is 0 Å². The lowest BCUT2D eigenvalue weighted by Gasteiger charge is -2.18. The number of thiophene rings is 1. The number of pyridine rings is 1. The molecule has 0 N–H and O–H groups in total. The van der Waals surface area contributed by atoms with Crippen LogP contribution in [-0.4, -0.2) is 24.5 Å². The molecule has 0 saturated carbocycles. The zero-order valence-corrected chi connectivity index (χ0v) is 37.5. The molecule has 0 saturated heterocycles. The molecule has 318 valence electrons. The van der Waals surface area contributed by atoms with Gasteiger partial charge in [0.25, 0.3) is 0 Å². The smallest absolute Gasteiger partial charge is 0.164 e. The maximum absolute atomic E-state index is 5.39. The van der Waals surface area contributed by atoms with Gasteiger partial charge in [-0.05, 0) is 70.3 Å². The van der Waals surface area contributed by atoms with Crippen molar-refractivity contribution in [2.24, 2.45) is 0 Å². The first kappa shape index (κ1) is 39.5. The molecule has 0 atom stereocenters. The third kappa shape index (κ3) is 6.86. The maximum atomic E-state index is 5.39. The van der Waals surface area contributed by atoms with E-state index in [4.69, 9.17) is 19.9 Å². The van der Waals surface area contributed by atoms with Crippen molar-refractivity contribution >= 4 is 53.3 Å². The van der Waals surface area contributed by atoms with E-state index >= 15 is 0 Å². The largest absolute Gasteiger partial charge is 0.309 e.